The SMILES string of the molecule is Cc1cc(C)n(-c2cc(NC(=O)C3CC3)nc(-c3ccco3)n2)n1. The van der Waals surface area contributed by atoms with Gasteiger partial charge in [-0.05, 0) is 44.9 Å². The number of hydrogen-bond acceptors (Lipinski definition) is 5. The van der Waals surface area contributed by atoms with Crippen molar-refractivity contribution in [2.45, 2.75) is 26.7 Å². The first-order chi connectivity index (χ1) is 11.6. The Morgan fingerprint density at radius 3 is 2.75 bits per heavy atom. The Morgan fingerprint density at radius 2 is 2.12 bits per heavy atom. The lowest BCUT2D eigenvalue weighted by atomic mass is 10.3. The Hall–Kier alpha value is -2.96. The van der Waals surface area contributed by atoms with Crippen molar-refractivity contribution >= 4 is 11.7 Å². The summed E-state index contributed by atoms with van der Waals surface area (Å²) in [5.74, 6) is 2.10. The van der Waals surface area contributed by atoms with Gasteiger partial charge in [-0.25, -0.2) is 14.6 Å². The van der Waals surface area contributed by atoms with E-state index in [0.717, 1.165) is 24.2 Å². The van der Waals surface area contributed by atoms with Gasteiger partial charge < -0.3 is 9.73 Å². The van der Waals surface area contributed by atoms with Crippen molar-refractivity contribution in [2.75, 3.05) is 5.32 Å². The number of nitrogens with zero attached hydrogens (tertiary/aromatic N) is 4. The monoisotopic (exact) mass is 323 g/mol. The lowest BCUT2D eigenvalue weighted by Gasteiger charge is -2.09. The molecule has 1 amide bonds. The molecule has 0 aromatic carbocycles. The minimum Gasteiger partial charge on any atom is -0.461 e. The third-order valence-corrected chi connectivity index (χ3v) is 3.88. The first-order valence-corrected chi connectivity index (χ1v) is 7.87. The molecule has 7 nitrogen and oxygen atoms in total. The zero-order valence-corrected chi connectivity index (χ0v) is 13.5. The molecule has 3 aromatic rings. The van der Waals surface area contributed by atoms with Crippen LogP contribution in [0.5, 0.6) is 0 Å². The lowest BCUT2D eigenvalue weighted by Crippen LogP contribution is -2.16. The number of amides is 1. The highest BCUT2D eigenvalue weighted by atomic mass is 16.3. The van der Waals surface area contributed by atoms with E-state index in [4.69, 9.17) is 4.42 Å². The van der Waals surface area contributed by atoms with Crippen molar-refractivity contribution in [3.63, 3.8) is 0 Å². The number of furan rings is 1. The second-order valence-corrected chi connectivity index (χ2v) is 6.01. The third kappa shape index (κ3) is 2.80. The number of aromatic nitrogens is 4. The second-order valence-electron chi connectivity index (χ2n) is 6.01. The first-order valence-electron chi connectivity index (χ1n) is 7.87. The van der Waals surface area contributed by atoms with E-state index < -0.39 is 0 Å². The summed E-state index contributed by atoms with van der Waals surface area (Å²) in [5.41, 5.74) is 1.85. The van der Waals surface area contributed by atoms with E-state index in [1.54, 1.807) is 29.1 Å². The quantitative estimate of drug-likeness (QED) is 0.798. The topological polar surface area (TPSA) is 85.8 Å². The van der Waals surface area contributed by atoms with Gasteiger partial charge in [0.1, 0.15) is 5.82 Å². The van der Waals surface area contributed by atoms with Crippen molar-refractivity contribution in [1.82, 2.24) is 19.7 Å². The van der Waals surface area contributed by atoms with Crippen LogP contribution in [-0.2, 0) is 4.79 Å². The number of nitrogens with one attached hydrogen (secondary N) is 1. The van der Waals surface area contributed by atoms with Crippen LogP contribution in [0.2, 0.25) is 0 Å². The molecular formula is C17H17N5O2. The van der Waals surface area contributed by atoms with E-state index in [1.807, 2.05) is 19.9 Å². The van der Waals surface area contributed by atoms with Crippen molar-refractivity contribution in [1.29, 1.82) is 0 Å². The Kier molecular flexibility index (Phi) is 3.41. The fraction of sp³-hybridized carbons (Fsp3) is 0.294. The van der Waals surface area contributed by atoms with Gasteiger partial charge in [0.05, 0.1) is 12.0 Å². The zero-order valence-electron chi connectivity index (χ0n) is 13.5. The summed E-state index contributed by atoms with van der Waals surface area (Å²) in [5, 5.41) is 7.32. The zero-order chi connectivity index (χ0) is 16.7. The normalized spacial score (nSPS) is 13.9. The summed E-state index contributed by atoms with van der Waals surface area (Å²) in [6.45, 7) is 3.88. The number of rotatable bonds is 4. The second kappa shape index (κ2) is 5.59. The van der Waals surface area contributed by atoms with Gasteiger partial charge in [-0.1, -0.05) is 0 Å². The molecule has 0 saturated heterocycles. The fourth-order valence-electron chi connectivity index (χ4n) is 2.56. The number of anilines is 1. The average Bonchev–Trinajstić information content (AvgIpc) is 3.15. The number of carbonyl (C=O) groups is 1. The third-order valence-electron chi connectivity index (χ3n) is 3.88. The van der Waals surface area contributed by atoms with E-state index >= 15 is 0 Å². The van der Waals surface area contributed by atoms with Crippen LogP contribution in [0.25, 0.3) is 17.4 Å². The Labute approximate surface area is 138 Å². The van der Waals surface area contributed by atoms with E-state index in [0.29, 0.717) is 23.2 Å². The minimum atomic E-state index is -0.00147. The smallest absolute Gasteiger partial charge is 0.228 e. The number of hydrogen-bond donors (Lipinski definition) is 1. The van der Waals surface area contributed by atoms with Gasteiger partial charge >= 0.3 is 0 Å². The lowest BCUT2D eigenvalue weighted by molar-refractivity contribution is -0.117. The molecular weight excluding hydrogens is 306 g/mol. The Morgan fingerprint density at radius 1 is 1.29 bits per heavy atom. The summed E-state index contributed by atoms with van der Waals surface area (Å²) >= 11 is 0. The molecule has 122 valence electrons. The van der Waals surface area contributed by atoms with Crippen molar-refractivity contribution < 1.29 is 9.21 Å². The molecule has 1 N–H and O–H groups in total. The van der Waals surface area contributed by atoms with E-state index in [-0.39, 0.29) is 11.8 Å². The number of carbonyl (C=O) groups excluding carboxylic acids is 1. The van der Waals surface area contributed by atoms with Crippen LogP contribution >= 0.6 is 0 Å². The van der Waals surface area contributed by atoms with E-state index in [2.05, 4.69) is 20.4 Å². The Balaban J connectivity index is 1.78. The Bertz CT molecular complexity index is 894. The molecule has 0 atom stereocenters. The highest BCUT2D eigenvalue weighted by Gasteiger charge is 2.30. The average molecular weight is 323 g/mol. The highest BCUT2D eigenvalue weighted by molar-refractivity contribution is 5.93. The van der Waals surface area contributed by atoms with Crippen LogP contribution in [0, 0.1) is 19.8 Å². The maximum Gasteiger partial charge on any atom is 0.228 e. The summed E-state index contributed by atoms with van der Waals surface area (Å²) in [6.07, 6.45) is 3.44. The molecule has 7 heteroatoms. The molecule has 0 radical (unpaired) electrons. The van der Waals surface area contributed by atoms with Gasteiger partial charge in [-0.15, -0.1) is 0 Å². The molecule has 1 aliphatic carbocycles. The van der Waals surface area contributed by atoms with Crippen molar-refractivity contribution in [2.24, 2.45) is 5.92 Å². The maximum atomic E-state index is 12.1. The first kappa shape index (κ1) is 14.6. The highest BCUT2D eigenvalue weighted by Crippen LogP contribution is 2.30. The van der Waals surface area contributed by atoms with Crippen LogP contribution in [0.3, 0.4) is 0 Å². The summed E-state index contributed by atoms with van der Waals surface area (Å²) < 4.78 is 7.13. The molecule has 24 heavy (non-hydrogen) atoms. The largest absolute Gasteiger partial charge is 0.461 e. The summed E-state index contributed by atoms with van der Waals surface area (Å²) in [6, 6.07) is 7.26. The minimum absolute atomic E-state index is 0.00147. The maximum absolute atomic E-state index is 12.1. The fourth-order valence-corrected chi connectivity index (χ4v) is 2.56. The van der Waals surface area contributed by atoms with E-state index in [1.165, 1.54) is 0 Å². The van der Waals surface area contributed by atoms with Gasteiger partial charge in [-0.3, -0.25) is 4.79 Å². The van der Waals surface area contributed by atoms with Gasteiger partial charge in [0, 0.05) is 17.7 Å². The van der Waals surface area contributed by atoms with Crippen LogP contribution in [0.1, 0.15) is 24.2 Å². The molecule has 1 saturated carbocycles. The van der Waals surface area contributed by atoms with Gasteiger partial charge in [0.25, 0.3) is 0 Å². The molecule has 0 aliphatic heterocycles. The summed E-state index contributed by atoms with van der Waals surface area (Å²) in [7, 11) is 0. The van der Waals surface area contributed by atoms with E-state index in [9.17, 15) is 4.79 Å². The molecule has 0 bridgehead atoms. The predicted molar refractivity (Wildman–Crippen MR) is 87.7 cm³/mol. The molecule has 0 spiro atoms. The molecule has 4 rings (SSSR count). The van der Waals surface area contributed by atoms with Crippen LogP contribution in [0.15, 0.2) is 34.9 Å². The molecule has 0 unspecified atom stereocenters. The standard InChI is InChI=1S/C17H17N5O2/c1-10-8-11(2)22(21-10)15-9-14(19-17(23)12-5-6-12)18-16(20-15)13-4-3-7-24-13/h3-4,7-9,12H,5-6H2,1-2H3,(H,18,19,20,23). The van der Waals surface area contributed by atoms with Crippen molar-refractivity contribution in [3.05, 3.63) is 41.9 Å². The summed E-state index contributed by atoms with van der Waals surface area (Å²) in [4.78, 5) is 21.0. The molecule has 1 fully saturated rings. The molecule has 1 aliphatic rings. The number of aryl methyl sites for hydroxylation is 2. The van der Waals surface area contributed by atoms with Crippen molar-refractivity contribution in [3.8, 4) is 17.4 Å². The van der Waals surface area contributed by atoms with Crippen LogP contribution in [0.4, 0.5) is 5.82 Å². The predicted octanol–water partition coefficient (Wildman–Crippen LogP) is 2.89. The van der Waals surface area contributed by atoms with Crippen LogP contribution in [-0.4, -0.2) is 25.7 Å². The molecule has 3 heterocycles. The van der Waals surface area contributed by atoms with Gasteiger partial charge in [-0.2, -0.15) is 5.10 Å². The molecule has 3 aromatic heterocycles. The van der Waals surface area contributed by atoms with Gasteiger partial charge in [0.2, 0.25) is 5.91 Å². The van der Waals surface area contributed by atoms with Gasteiger partial charge in [0.15, 0.2) is 17.4 Å². The van der Waals surface area contributed by atoms with Crippen LogP contribution < -0.4 is 5.32 Å².